The molecule has 2 amide bonds. The lowest BCUT2D eigenvalue weighted by Crippen LogP contribution is -2.43. The largest absolute Gasteiger partial charge is 0.483 e. The lowest BCUT2D eigenvalue weighted by atomic mass is 9.92. The molecule has 1 aromatic rings. The Labute approximate surface area is 212 Å². The van der Waals surface area contributed by atoms with E-state index in [0.29, 0.717) is 38.5 Å². The summed E-state index contributed by atoms with van der Waals surface area (Å²) in [5, 5.41) is 8.96. The maximum Gasteiger partial charge on any atom is 0.410 e. The van der Waals surface area contributed by atoms with Crippen LogP contribution in [0.4, 0.5) is 4.79 Å². The maximum absolute atomic E-state index is 12.9. The molecule has 36 heavy (non-hydrogen) atoms. The molecular formula is C26H38N4O6. The van der Waals surface area contributed by atoms with E-state index in [1.807, 2.05) is 35.2 Å². The van der Waals surface area contributed by atoms with Crippen LogP contribution >= 0.6 is 0 Å². The van der Waals surface area contributed by atoms with Gasteiger partial charge in [-0.1, -0.05) is 30.3 Å². The molecule has 2 aliphatic rings. The van der Waals surface area contributed by atoms with Crippen LogP contribution in [0.1, 0.15) is 50.5 Å². The number of benzene rings is 1. The monoisotopic (exact) mass is 502 g/mol. The van der Waals surface area contributed by atoms with E-state index < -0.39 is 12.0 Å². The molecule has 0 spiro atoms. The summed E-state index contributed by atoms with van der Waals surface area (Å²) in [6.45, 7) is 2.73. The molecule has 3 rings (SSSR count). The Hall–Kier alpha value is -3.14. The molecule has 2 saturated heterocycles. The topological polar surface area (TPSA) is 135 Å². The minimum Gasteiger partial charge on any atom is -0.483 e. The molecule has 2 heterocycles. The third-order valence-electron chi connectivity index (χ3n) is 6.82. The zero-order valence-electron chi connectivity index (χ0n) is 21.0. The molecule has 2 atom stereocenters. The minimum absolute atomic E-state index is 0.105. The van der Waals surface area contributed by atoms with Gasteiger partial charge in [-0.25, -0.2) is 9.79 Å². The summed E-state index contributed by atoms with van der Waals surface area (Å²) >= 11 is 0. The molecule has 2 aliphatic heterocycles. The fraction of sp³-hybridized carbons (Fsp3) is 0.615. The van der Waals surface area contributed by atoms with Crippen molar-refractivity contribution < 1.29 is 29.0 Å². The van der Waals surface area contributed by atoms with Crippen molar-refractivity contribution in [2.45, 2.75) is 63.6 Å². The van der Waals surface area contributed by atoms with E-state index >= 15 is 0 Å². The van der Waals surface area contributed by atoms with Gasteiger partial charge in [-0.15, -0.1) is 0 Å². The van der Waals surface area contributed by atoms with E-state index in [0.717, 1.165) is 37.7 Å². The molecule has 3 N–H and O–H groups in total. The number of rotatable bonds is 9. The van der Waals surface area contributed by atoms with E-state index in [-0.39, 0.29) is 37.0 Å². The van der Waals surface area contributed by atoms with Crippen molar-refractivity contribution in [1.29, 1.82) is 0 Å². The Balaban J connectivity index is 1.38. The highest BCUT2D eigenvalue weighted by molar-refractivity contribution is 5.86. The third-order valence-corrected chi connectivity index (χ3v) is 6.82. The number of methoxy groups -OCH3 is 1. The summed E-state index contributed by atoms with van der Waals surface area (Å²) in [6.07, 6.45) is 4.07. The van der Waals surface area contributed by atoms with Gasteiger partial charge in [0.1, 0.15) is 6.61 Å². The van der Waals surface area contributed by atoms with E-state index in [9.17, 15) is 14.4 Å². The molecule has 0 aliphatic carbocycles. The lowest BCUT2D eigenvalue weighted by molar-refractivity contribution is -0.137. The predicted octanol–water partition coefficient (Wildman–Crippen LogP) is 2.65. The van der Waals surface area contributed by atoms with Crippen LogP contribution in [0.5, 0.6) is 0 Å². The quantitative estimate of drug-likeness (QED) is 0.391. The number of carbonyl (C=O) groups excluding carboxylic acids is 2. The summed E-state index contributed by atoms with van der Waals surface area (Å²) in [5.41, 5.74) is 6.86. The fourth-order valence-corrected chi connectivity index (χ4v) is 4.74. The number of carboxylic acids is 1. The molecule has 1 aromatic carbocycles. The van der Waals surface area contributed by atoms with Crippen molar-refractivity contribution in [2.75, 3.05) is 33.3 Å². The van der Waals surface area contributed by atoms with Crippen LogP contribution in [0, 0.1) is 5.92 Å². The van der Waals surface area contributed by atoms with Crippen LogP contribution in [0.3, 0.4) is 0 Å². The Kier molecular flexibility index (Phi) is 10.5. The molecule has 2 fully saturated rings. The number of likely N-dealkylation sites (tertiary alicyclic amines) is 2. The zero-order valence-corrected chi connectivity index (χ0v) is 21.0. The number of nitrogens with two attached hydrogens (primary N) is 1. The van der Waals surface area contributed by atoms with E-state index in [2.05, 4.69) is 4.99 Å². The van der Waals surface area contributed by atoms with Gasteiger partial charge < -0.3 is 30.1 Å². The van der Waals surface area contributed by atoms with Crippen LogP contribution < -0.4 is 5.73 Å². The second-order valence-corrected chi connectivity index (χ2v) is 9.52. The zero-order chi connectivity index (χ0) is 25.9. The standard InChI is InChI=1S/C26H38N4O6/c1-35-25(22(27)16-24(32)33)28-21-8-5-13-30(17-21)23(31)10-9-19-11-14-29(15-12-19)26(34)36-18-20-6-3-2-4-7-20/h2-4,6-7,19,21-22H,5,8-18,27H2,1H3,(H,32,33)/t21?,22-/m0/s1. The van der Waals surface area contributed by atoms with Crippen molar-refractivity contribution in [1.82, 2.24) is 9.80 Å². The Morgan fingerprint density at radius 3 is 2.50 bits per heavy atom. The summed E-state index contributed by atoms with van der Waals surface area (Å²) in [6, 6.07) is 8.67. The van der Waals surface area contributed by atoms with Crippen molar-refractivity contribution >= 4 is 23.9 Å². The SMILES string of the molecule is COC(=NC1CCCN(C(=O)CCC2CCN(C(=O)OCc3ccccc3)CC2)C1)[C@@H](N)CC(=O)O. The number of carbonyl (C=O) groups is 3. The van der Waals surface area contributed by atoms with Gasteiger partial charge in [-0.3, -0.25) is 9.59 Å². The molecule has 0 aromatic heterocycles. The maximum atomic E-state index is 12.9. The molecule has 10 nitrogen and oxygen atoms in total. The molecule has 0 bridgehead atoms. The minimum atomic E-state index is -1.01. The van der Waals surface area contributed by atoms with Gasteiger partial charge in [0.05, 0.1) is 25.6 Å². The van der Waals surface area contributed by atoms with Crippen molar-refractivity contribution in [2.24, 2.45) is 16.6 Å². The average molecular weight is 503 g/mol. The van der Waals surface area contributed by atoms with Crippen LogP contribution in [-0.2, 0) is 25.7 Å². The summed E-state index contributed by atoms with van der Waals surface area (Å²) in [7, 11) is 1.43. The molecule has 0 radical (unpaired) electrons. The highest BCUT2D eigenvalue weighted by Gasteiger charge is 2.28. The van der Waals surface area contributed by atoms with E-state index in [1.165, 1.54) is 7.11 Å². The van der Waals surface area contributed by atoms with Crippen LogP contribution in [0.2, 0.25) is 0 Å². The number of hydrogen-bond acceptors (Lipinski definition) is 7. The van der Waals surface area contributed by atoms with Crippen LogP contribution in [-0.4, -0.2) is 84.1 Å². The van der Waals surface area contributed by atoms with Crippen molar-refractivity contribution in [3.63, 3.8) is 0 Å². The molecule has 1 unspecified atom stereocenters. The summed E-state index contributed by atoms with van der Waals surface area (Å²) < 4.78 is 10.7. The first-order valence-electron chi connectivity index (χ1n) is 12.7. The van der Waals surface area contributed by atoms with Gasteiger partial charge in [0, 0.05) is 32.6 Å². The number of ether oxygens (including phenoxy) is 2. The molecule has 10 heteroatoms. The number of aliphatic imine (C=N–C) groups is 1. The normalized spacial score (nSPS) is 20.1. The summed E-state index contributed by atoms with van der Waals surface area (Å²) in [5.74, 6) is -0.290. The number of amides is 2. The Morgan fingerprint density at radius 2 is 1.83 bits per heavy atom. The van der Waals surface area contributed by atoms with Gasteiger partial charge in [0.25, 0.3) is 0 Å². The smallest absolute Gasteiger partial charge is 0.410 e. The van der Waals surface area contributed by atoms with E-state index in [4.69, 9.17) is 20.3 Å². The predicted molar refractivity (Wildman–Crippen MR) is 134 cm³/mol. The molecular weight excluding hydrogens is 464 g/mol. The number of carboxylic acid groups (broad SMARTS) is 1. The number of hydrogen-bond donors (Lipinski definition) is 2. The first kappa shape index (κ1) is 27.4. The second kappa shape index (κ2) is 13.8. The fourth-order valence-electron chi connectivity index (χ4n) is 4.74. The highest BCUT2D eigenvalue weighted by atomic mass is 16.6. The third kappa shape index (κ3) is 8.51. The molecule has 0 saturated carbocycles. The highest BCUT2D eigenvalue weighted by Crippen LogP contribution is 2.24. The van der Waals surface area contributed by atoms with Crippen molar-refractivity contribution in [3.8, 4) is 0 Å². The van der Waals surface area contributed by atoms with Crippen LogP contribution in [0.25, 0.3) is 0 Å². The average Bonchev–Trinajstić information content (AvgIpc) is 2.89. The molecule has 198 valence electrons. The van der Waals surface area contributed by atoms with Crippen LogP contribution in [0.15, 0.2) is 35.3 Å². The first-order valence-corrected chi connectivity index (χ1v) is 12.7. The van der Waals surface area contributed by atoms with E-state index in [1.54, 1.807) is 4.90 Å². The van der Waals surface area contributed by atoms with Gasteiger partial charge in [0.15, 0.2) is 0 Å². The number of piperidine rings is 2. The summed E-state index contributed by atoms with van der Waals surface area (Å²) in [4.78, 5) is 44.3. The second-order valence-electron chi connectivity index (χ2n) is 9.52. The number of aliphatic carboxylic acids is 1. The van der Waals surface area contributed by atoms with Gasteiger partial charge in [0.2, 0.25) is 11.8 Å². The van der Waals surface area contributed by atoms with Gasteiger partial charge in [-0.2, -0.15) is 0 Å². The lowest BCUT2D eigenvalue weighted by Gasteiger charge is -2.33. The Bertz CT molecular complexity index is 901. The first-order chi connectivity index (χ1) is 17.4. The Morgan fingerprint density at radius 1 is 1.11 bits per heavy atom. The van der Waals surface area contributed by atoms with Crippen molar-refractivity contribution in [3.05, 3.63) is 35.9 Å². The number of nitrogens with zero attached hydrogens (tertiary/aromatic N) is 3. The van der Waals surface area contributed by atoms with Gasteiger partial charge in [-0.05, 0) is 43.6 Å². The van der Waals surface area contributed by atoms with Gasteiger partial charge >= 0.3 is 12.1 Å².